The maximum absolute atomic E-state index is 12.7. The van der Waals surface area contributed by atoms with E-state index >= 15 is 0 Å². The SMILES string of the molecule is CCCCCC(CCC)C(=O)c1cnn(Cc2ccccc2)c1. The fraction of sp³-hybridized carbons (Fsp3) is 0.500. The lowest BCUT2D eigenvalue weighted by molar-refractivity contribution is 0.0903. The van der Waals surface area contributed by atoms with Crippen LogP contribution in [-0.2, 0) is 6.54 Å². The summed E-state index contributed by atoms with van der Waals surface area (Å²) in [6.45, 7) is 5.06. The Balaban J connectivity index is 2.00. The third-order valence-electron chi connectivity index (χ3n) is 4.27. The van der Waals surface area contributed by atoms with Crippen molar-refractivity contribution in [1.29, 1.82) is 0 Å². The number of rotatable bonds is 10. The summed E-state index contributed by atoms with van der Waals surface area (Å²) in [5.74, 6) is 0.420. The second kappa shape index (κ2) is 9.29. The second-order valence-electron chi connectivity index (χ2n) is 6.26. The number of ketones is 1. The smallest absolute Gasteiger partial charge is 0.169 e. The Labute approximate surface area is 139 Å². The van der Waals surface area contributed by atoms with Gasteiger partial charge in [0.1, 0.15) is 0 Å². The van der Waals surface area contributed by atoms with Gasteiger partial charge in [-0.25, -0.2) is 0 Å². The minimum atomic E-state index is 0.154. The predicted octanol–water partition coefficient (Wildman–Crippen LogP) is 5.11. The van der Waals surface area contributed by atoms with Gasteiger partial charge in [-0.05, 0) is 18.4 Å². The minimum absolute atomic E-state index is 0.154. The van der Waals surface area contributed by atoms with E-state index in [0.29, 0.717) is 6.54 Å². The van der Waals surface area contributed by atoms with Gasteiger partial charge in [-0.2, -0.15) is 5.10 Å². The number of Topliss-reactive ketones (excluding diaryl/α,β-unsaturated/α-hetero) is 1. The topological polar surface area (TPSA) is 34.9 Å². The quantitative estimate of drug-likeness (QED) is 0.451. The number of hydrogen-bond acceptors (Lipinski definition) is 2. The Bertz CT molecular complexity index is 589. The Morgan fingerprint density at radius 3 is 2.57 bits per heavy atom. The average molecular weight is 312 g/mol. The van der Waals surface area contributed by atoms with Crippen LogP contribution in [0.3, 0.4) is 0 Å². The molecule has 0 amide bonds. The predicted molar refractivity (Wildman–Crippen MR) is 94.6 cm³/mol. The normalized spacial score (nSPS) is 12.3. The van der Waals surface area contributed by atoms with Crippen molar-refractivity contribution in [2.75, 3.05) is 0 Å². The molecule has 2 aromatic rings. The molecule has 3 nitrogen and oxygen atoms in total. The van der Waals surface area contributed by atoms with Crippen molar-refractivity contribution in [3.63, 3.8) is 0 Å². The first-order valence-electron chi connectivity index (χ1n) is 8.85. The number of carbonyl (C=O) groups is 1. The van der Waals surface area contributed by atoms with E-state index in [2.05, 4.69) is 31.1 Å². The molecule has 0 fully saturated rings. The number of benzene rings is 1. The lowest BCUT2D eigenvalue weighted by Gasteiger charge is -2.13. The van der Waals surface area contributed by atoms with E-state index in [9.17, 15) is 4.79 Å². The first-order valence-corrected chi connectivity index (χ1v) is 8.85. The molecule has 124 valence electrons. The highest BCUT2D eigenvalue weighted by atomic mass is 16.1. The molecule has 0 aliphatic rings. The molecule has 3 heteroatoms. The van der Waals surface area contributed by atoms with Gasteiger partial charge in [-0.1, -0.05) is 69.9 Å². The summed E-state index contributed by atoms with van der Waals surface area (Å²) in [6, 6.07) is 10.2. The Kier molecular flexibility index (Phi) is 7.05. The van der Waals surface area contributed by atoms with E-state index in [0.717, 1.165) is 31.2 Å². The van der Waals surface area contributed by atoms with E-state index in [-0.39, 0.29) is 11.7 Å². The molecular formula is C20H28N2O. The lowest BCUT2D eigenvalue weighted by atomic mass is 9.90. The van der Waals surface area contributed by atoms with Gasteiger partial charge in [0.15, 0.2) is 5.78 Å². The number of hydrogen-bond donors (Lipinski definition) is 0. The molecule has 1 unspecified atom stereocenters. The highest BCUT2D eigenvalue weighted by Crippen LogP contribution is 2.21. The zero-order valence-corrected chi connectivity index (χ0v) is 14.4. The van der Waals surface area contributed by atoms with Crippen LogP contribution >= 0.6 is 0 Å². The Morgan fingerprint density at radius 1 is 1.09 bits per heavy atom. The molecule has 0 saturated carbocycles. The van der Waals surface area contributed by atoms with Crippen LogP contribution in [0.5, 0.6) is 0 Å². The van der Waals surface area contributed by atoms with Gasteiger partial charge in [0.25, 0.3) is 0 Å². The second-order valence-corrected chi connectivity index (χ2v) is 6.26. The summed E-state index contributed by atoms with van der Waals surface area (Å²) in [6.07, 6.45) is 10.2. The van der Waals surface area contributed by atoms with Crippen LogP contribution in [-0.4, -0.2) is 15.6 Å². The molecule has 0 N–H and O–H groups in total. The fourth-order valence-corrected chi connectivity index (χ4v) is 2.98. The van der Waals surface area contributed by atoms with Gasteiger partial charge in [-0.3, -0.25) is 9.48 Å². The average Bonchev–Trinajstić information content (AvgIpc) is 3.03. The van der Waals surface area contributed by atoms with Gasteiger partial charge in [0.2, 0.25) is 0 Å². The summed E-state index contributed by atoms with van der Waals surface area (Å²) in [4.78, 5) is 12.7. The molecule has 1 heterocycles. The maximum atomic E-state index is 12.7. The fourth-order valence-electron chi connectivity index (χ4n) is 2.98. The molecule has 0 bridgehead atoms. The van der Waals surface area contributed by atoms with E-state index in [1.54, 1.807) is 6.20 Å². The summed E-state index contributed by atoms with van der Waals surface area (Å²) < 4.78 is 1.86. The molecule has 1 aromatic carbocycles. The van der Waals surface area contributed by atoms with Crippen molar-refractivity contribution in [2.45, 2.75) is 58.9 Å². The molecule has 0 aliphatic carbocycles. The Morgan fingerprint density at radius 2 is 1.87 bits per heavy atom. The summed E-state index contributed by atoms with van der Waals surface area (Å²) in [5, 5.41) is 4.37. The lowest BCUT2D eigenvalue weighted by Crippen LogP contribution is -2.14. The van der Waals surface area contributed by atoms with Crippen LogP contribution in [0.25, 0.3) is 0 Å². The molecular weight excluding hydrogens is 284 g/mol. The van der Waals surface area contributed by atoms with E-state index in [1.165, 1.54) is 18.4 Å². The van der Waals surface area contributed by atoms with Crippen LogP contribution < -0.4 is 0 Å². The molecule has 0 aliphatic heterocycles. The van der Waals surface area contributed by atoms with E-state index in [1.807, 2.05) is 29.1 Å². The van der Waals surface area contributed by atoms with Crippen LogP contribution in [0.15, 0.2) is 42.7 Å². The largest absolute Gasteiger partial charge is 0.294 e. The van der Waals surface area contributed by atoms with Gasteiger partial charge < -0.3 is 0 Å². The molecule has 1 aromatic heterocycles. The third kappa shape index (κ3) is 5.34. The van der Waals surface area contributed by atoms with Crippen molar-refractivity contribution in [1.82, 2.24) is 9.78 Å². The van der Waals surface area contributed by atoms with E-state index < -0.39 is 0 Å². The van der Waals surface area contributed by atoms with Gasteiger partial charge in [-0.15, -0.1) is 0 Å². The van der Waals surface area contributed by atoms with E-state index in [4.69, 9.17) is 0 Å². The molecule has 23 heavy (non-hydrogen) atoms. The van der Waals surface area contributed by atoms with Crippen molar-refractivity contribution < 1.29 is 4.79 Å². The zero-order chi connectivity index (χ0) is 16.5. The summed E-state index contributed by atoms with van der Waals surface area (Å²) >= 11 is 0. The molecule has 1 atom stereocenters. The number of unbranched alkanes of at least 4 members (excludes halogenated alkanes) is 2. The molecule has 0 radical (unpaired) electrons. The van der Waals surface area contributed by atoms with Crippen LogP contribution in [0.4, 0.5) is 0 Å². The molecule has 0 spiro atoms. The first kappa shape index (κ1) is 17.5. The minimum Gasteiger partial charge on any atom is -0.294 e. The monoisotopic (exact) mass is 312 g/mol. The highest BCUT2D eigenvalue weighted by molar-refractivity contribution is 5.97. The zero-order valence-electron chi connectivity index (χ0n) is 14.4. The van der Waals surface area contributed by atoms with Crippen LogP contribution in [0.1, 0.15) is 68.3 Å². The maximum Gasteiger partial charge on any atom is 0.169 e. The number of nitrogens with zero attached hydrogens (tertiary/aromatic N) is 2. The number of carbonyl (C=O) groups excluding carboxylic acids is 1. The first-order chi connectivity index (χ1) is 11.2. The molecule has 2 rings (SSSR count). The van der Waals surface area contributed by atoms with Crippen molar-refractivity contribution in [2.24, 2.45) is 5.92 Å². The highest BCUT2D eigenvalue weighted by Gasteiger charge is 2.20. The van der Waals surface area contributed by atoms with Crippen molar-refractivity contribution >= 4 is 5.78 Å². The summed E-state index contributed by atoms with van der Waals surface area (Å²) in [7, 11) is 0. The van der Waals surface area contributed by atoms with Gasteiger partial charge in [0.05, 0.1) is 18.3 Å². The third-order valence-corrected chi connectivity index (χ3v) is 4.27. The van der Waals surface area contributed by atoms with Crippen molar-refractivity contribution in [3.05, 3.63) is 53.9 Å². The Hall–Kier alpha value is -1.90. The van der Waals surface area contributed by atoms with Gasteiger partial charge >= 0.3 is 0 Å². The van der Waals surface area contributed by atoms with Crippen LogP contribution in [0, 0.1) is 5.92 Å². The standard InChI is InChI=1S/C20H28N2O/c1-3-5-7-13-18(10-4-2)20(23)19-14-21-22(16-19)15-17-11-8-6-9-12-17/h6,8-9,11-12,14,16,18H,3-5,7,10,13,15H2,1-2H3. The summed E-state index contributed by atoms with van der Waals surface area (Å²) in [5.41, 5.74) is 1.96. The van der Waals surface area contributed by atoms with Crippen LogP contribution in [0.2, 0.25) is 0 Å². The van der Waals surface area contributed by atoms with Crippen molar-refractivity contribution in [3.8, 4) is 0 Å². The van der Waals surface area contributed by atoms with Gasteiger partial charge in [0, 0.05) is 12.1 Å². The number of aromatic nitrogens is 2. The molecule has 0 saturated heterocycles.